The Kier molecular flexibility index (Phi) is 8.59. The van der Waals surface area contributed by atoms with Gasteiger partial charge < -0.3 is 18.7 Å². The molecule has 10 heteroatoms. The van der Waals surface area contributed by atoms with Gasteiger partial charge in [0.15, 0.2) is 5.71 Å². The summed E-state index contributed by atoms with van der Waals surface area (Å²) in [6, 6.07) is 22.2. The van der Waals surface area contributed by atoms with Crippen molar-refractivity contribution in [3.8, 4) is 17.2 Å². The molecular weight excluding hydrogens is 502 g/mol. The highest BCUT2D eigenvalue weighted by atomic mass is 35.5. The Bertz CT molecular complexity index is 1340. The van der Waals surface area contributed by atoms with Crippen molar-refractivity contribution >= 4 is 35.0 Å². The second-order valence-corrected chi connectivity index (χ2v) is 8.74. The van der Waals surface area contributed by atoms with Gasteiger partial charge in [0.2, 0.25) is 5.89 Å². The van der Waals surface area contributed by atoms with E-state index in [0.29, 0.717) is 33.2 Å². The lowest BCUT2D eigenvalue weighted by Gasteiger charge is -2.12. The number of nitrogens with zero attached hydrogens (tertiary/aromatic N) is 3. The van der Waals surface area contributed by atoms with Crippen molar-refractivity contribution in [1.29, 1.82) is 0 Å². The Morgan fingerprint density at radius 3 is 2.47 bits per heavy atom. The van der Waals surface area contributed by atoms with E-state index in [1.54, 1.807) is 12.1 Å². The van der Waals surface area contributed by atoms with E-state index in [9.17, 15) is 4.79 Å². The zero-order valence-electron chi connectivity index (χ0n) is 19.5. The van der Waals surface area contributed by atoms with Gasteiger partial charge in [0.1, 0.15) is 19.5 Å². The van der Waals surface area contributed by atoms with Crippen molar-refractivity contribution in [3.05, 3.63) is 94.5 Å². The van der Waals surface area contributed by atoms with E-state index in [1.807, 2.05) is 60.7 Å². The summed E-state index contributed by atoms with van der Waals surface area (Å²) in [5.74, 6) is 1.15. The van der Waals surface area contributed by atoms with E-state index in [2.05, 4.69) is 15.4 Å². The van der Waals surface area contributed by atoms with Crippen LogP contribution in [0.4, 0.5) is 0 Å². The molecule has 0 spiro atoms. The zero-order valence-corrected chi connectivity index (χ0v) is 21.1. The molecular formula is C26H22ClN3O5S. The molecule has 0 aliphatic carbocycles. The number of hydrogen-bond acceptors (Lipinski definition) is 9. The quantitative estimate of drug-likeness (QED) is 0.112. The standard InChI is InChI=1S/C26H22ClN3O5S/c1-32-25(31)23(30-33-2)22-6-4-3-5-19(22)15-34-21-13-9-18(10-14-21)24-28-29-26(35-24)36-16-17-7-11-20(27)12-8-17/h3-14H,15-16H2,1-2H3/b30-23-. The van der Waals surface area contributed by atoms with Crippen molar-refractivity contribution in [3.63, 3.8) is 0 Å². The highest BCUT2D eigenvalue weighted by Crippen LogP contribution is 2.27. The molecule has 0 saturated carbocycles. The van der Waals surface area contributed by atoms with E-state index in [-0.39, 0.29) is 12.3 Å². The number of esters is 1. The molecule has 184 valence electrons. The Hall–Kier alpha value is -3.82. The van der Waals surface area contributed by atoms with Gasteiger partial charge in [-0.15, -0.1) is 10.2 Å². The summed E-state index contributed by atoms with van der Waals surface area (Å²) in [7, 11) is 2.66. The van der Waals surface area contributed by atoms with E-state index >= 15 is 0 Å². The number of aromatic nitrogens is 2. The first-order valence-corrected chi connectivity index (χ1v) is 12.2. The lowest BCUT2D eigenvalue weighted by Crippen LogP contribution is -2.19. The first kappa shape index (κ1) is 25.3. The van der Waals surface area contributed by atoms with E-state index in [4.69, 9.17) is 30.3 Å². The van der Waals surface area contributed by atoms with Gasteiger partial charge in [0, 0.05) is 21.9 Å². The molecule has 3 aromatic carbocycles. The van der Waals surface area contributed by atoms with Crippen molar-refractivity contribution in [1.82, 2.24) is 10.2 Å². The fourth-order valence-electron chi connectivity index (χ4n) is 3.23. The molecule has 0 atom stereocenters. The SMILES string of the molecule is CO/N=C(\C(=O)OC)c1ccccc1COc1ccc(-c2nnc(SCc3ccc(Cl)cc3)o2)cc1. The average Bonchev–Trinajstić information content (AvgIpc) is 3.39. The van der Waals surface area contributed by atoms with Crippen molar-refractivity contribution in [2.45, 2.75) is 17.6 Å². The second kappa shape index (κ2) is 12.2. The fraction of sp³-hybridized carbons (Fsp3) is 0.154. The van der Waals surface area contributed by atoms with E-state index in [1.165, 1.54) is 26.0 Å². The molecule has 0 fully saturated rings. The summed E-state index contributed by atoms with van der Waals surface area (Å²) in [6.45, 7) is 0.210. The third kappa shape index (κ3) is 6.44. The minimum atomic E-state index is -0.598. The molecule has 8 nitrogen and oxygen atoms in total. The molecule has 4 aromatic rings. The van der Waals surface area contributed by atoms with Crippen LogP contribution in [-0.2, 0) is 26.7 Å². The summed E-state index contributed by atoms with van der Waals surface area (Å²) < 4.78 is 16.5. The molecule has 36 heavy (non-hydrogen) atoms. The Balaban J connectivity index is 1.39. The van der Waals surface area contributed by atoms with Crippen LogP contribution in [0.2, 0.25) is 5.02 Å². The minimum Gasteiger partial charge on any atom is -0.489 e. The number of rotatable bonds is 10. The lowest BCUT2D eigenvalue weighted by molar-refractivity contribution is -0.132. The number of halogens is 1. The molecule has 0 N–H and O–H groups in total. The van der Waals surface area contributed by atoms with Gasteiger partial charge in [-0.25, -0.2) is 4.79 Å². The second-order valence-electron chi connectivity index (χ2n) is 7.37. The van der Waals surface area contributed by atoms with Crippen LogP contribution in [-0.4, -0.2) is 36.1 Å². The number of thioether (sulfide) groups is 1. The number of ether oxygens (including phenoxy) is 2. The maximum atomic E-state index is 12.1. The lowest BCUT2D eigenvalue weighted by atomic mass is 10.0. The van der Waals surface area contributed by atoms with Gasteiger partial charge in [-0.05, 0) is 47.5 Å². The minimum absolute atomic E-state index is 0.0654. The number of hydrogen-bond donors (Lipinski definition) is 0. The molecule has 0 unspecified atom stereocenters. The van der Waals surface area contributed by atoms with Gasteiger partial charge in [-0.1, -0.05) is 64.9 Å². The molecule has 0 aliphatic rings. The van der Waals surface area contributed by atoms with Crippen molar-refractivity contribution in [2.24, 2.45) is 5.16 Å². The zero-order chi connectivity index (χ0) is 25.3. The third-order valence-electron chi connectivity index (χ3n) is 5.01. The maximum Gasteiger partial charge on any atom is 0.360 e. The van der Waals surface area contributed by atoms with Gasteiger partial charge in [0.25, 0.3) is 5.22 Å². The van der Waals surface area contributed by atoms with E-state index in [0.717, 1.165) is 16.7 Å². The highest BCUT2D eigenvalue weighted by Gasteiger charge is 2.19. The van der Waals surface area contributed by atoms with Gasteiger partial charge in [-0.3, -0.25) is 0 Å². The Morgan fingerprint density at radius 2 is 1.75 bits per heavy atom. The van der Waals surface area contributed by atoms with Crippen LogP contribution in [0.15, 0.2) is 87.6 Å². The van der Waals surface area contributed by atoms with Crippen LogP contribution in [0.25, 0.3) is 11.5 Å². The number of oxime groups is 1. The molecule has 0 aliphatic heterocycles. The summed E-state index contributed by atoms with van der Waals surface area (Å²) in [4.78, 5) is 16.9. The number of carbonyl (C=O) groups excluding carboxylic acids is 1. The smallest absolute Gasteiger partial charge is 0.360 e. The van der Waals surface area contributed by atoms with Gasteiger partial charge >= 0.3 is 5.97 Å². The first-order chi connectivity index (χ1) is 17.6. The highest BCUT2D eigenvalue weighted by molar-refractivity contribution is 7.98. The monoisotopic (exact) mass is 523 g/mol. The van der Waals surface area contributed by atoms with Crippen molar-refractivity contribution in [2.75, 3.05) is 14.2 Å². The first-order valence-electron chi connectivity index (χ1n) is 10.8. The molecule has 4 rings (SSSR count). The fourth-order valence-corrected chi connectivity index (χ4v) is 4.07. The van der Waals surface area contributed by atoms with Crippen LogP contribution in [0, 0.1) is 0 Å². The average molecular weight is 524 g/mol. The predicted octanol–water partition coefficient (Wildman–Crippen LogP) is 5.78. The van der Waals surface area contributed by atoms with Crippen LogP contribution in [0.5, 0.6) is 5.75 Å². The normalized spacial score (nSPS) is 11.2. The summed E-state index contributed by atoms with van der Waals surface area (Å²) in [5, 5.41) is 13.3. The number of methoxy groups -OCH3 is 1. The Morgan fingerprint density at radius 1 is 1.00 bits per heavy atom. The maximum absolute atomic E-state index is 12.1. The van der Waals surface area contributed by atoms with Crippen molar-refractivity contribution < 1.29 is 23.5 Å². The van der Waals surface area contributed by atoms with Crippen LogP contribution in [0.3, 0.4) is 0 Å². The van der Waals surface area contributed by atoms with Crippen LogP contribution < -0.4 is 4.74 Å². The molecule has 0 amide bonds. The topological polar surface area (TPSA) is 96.0 Å². The Labute approximate surface area is 217 Å². The number of benzene rings is 3. The summed E-state index contributed by atoms with van der Waals surface area (Å²) in [5.41, 5.74) is 3.27. The molecule has 1 heterocycles. The largest absolute Gasteiger partial charge is 0.489 e. The van der Waals surface area contributed by atoms with Gasteiger partial charge in [-0.2, -0.15) is 0 Å². The summed E-state index contributed by atoms with van der Waals surface area (Å²) >= 11 is 7.38. The summed E-state index contributed by atoms with van der Waals surface area (Å²) in [6.07, 6.45) is 0. The predicted molar refractivity (Wildman–Crippen MR) is 137 cm³/mol. The van der Waals surface area contributed by atoms with Crippen LogP contribution in [0.1, 0.15) is 16.7 Å². The third-order valence-corrected chi connectivity index (χ3v) is 6.15. The molecule has 1 aromatic heterocycles. The molecule has 0 bridgehead atoms. The van der Waals surface area contributed by atoms with Crippen LogP contribution >= 0.6 is 23.4 Å². The number of carbonyl (C=O) groups is 1. The van der Waals surface area contributed by atoms with Gasteiger partial charge in [0.05, 0.1) is 7.11 Å². The molecule has 0 radical (unpaired) electrons. The molecule has 0 saturated heterocycles. The van der Waals surface area contributed by atoms with E-state index < -0.39 is 5.97 Å².